The van der Waals surface area contributed by atoms with Gasteiger partial charge in [0, 0.05) is 37.6 Å². The predicted molar refractivity (Wildman–Crippen MR) is 123 cm³/mol. The van der Waals surface area contributed by atoms with E-state index in [1.807, 2.05) is 42.2 Å². The van der Waals surface area contributed by atoms with Gasteiger partial charge in [-0.05, 0) is 68.0 Å². The van der Waals surface area contributed by atoms with E-state index in [4.69, 9.17) is 4.74 Å². The fraction of sp³-hybridized carbons (Fsp3) is 0.480. The van der Waals surface area contributed by atoms with Gasteiger partial charge in [0.05, 0.1) is 17.9 Å². The van der Waals surface area contributed by atoms with Gasteiger partial charge in [-0.1, -0.05) is 6.07 Å². The Hall–Kier alpha value is -2.97. The number of aliphatic hydroxyl groups is 1. The van der Waals surface area contributed by atoms with Gasteiger partial charge in [-0.2, -0.15) is 5.10 Å². The minimum Gasteiger partial charge on any atom is -0.457 e. The van der Waals surface area contributed by atoms with Gasteiger partial charge in [0.2, 0.25) is 0 Å². The monoisotopic (exact) mass is 447 g/mol. The molecule has 8 nitrogen and oxygen atoms in total. The summed E-state index contributed by atoms with van der Waals surface area (Å²) in [5.41, 5.74) is 4.81. The van der Waals surface area contributed by atoms with E-state index in [1.54, 1.807) is 6.07 Å². The Morgan fingerprint density at radius 1 is 1.15 bits per heavy atom. The van der Waals surface area contributed by atoms with Crippen LogP contribution < -0.4 is 4.90 Å². The number of aliphatic hydroxyl groups excluding tert-OH is 1. The molecule has 0 unspecified atom stereocenters. The average molecular weight is 448 g/mol. The van der Waals surface area contributed by atoms with Gasteiger partial charge in [0.1, 0.15) is 12.1 Å². The van der Waals surface area contributed by atoms with E-state index in [0.29, 0.717) is 24.1 Å². The van der Waals surface area contributed by atoms with Crippen molar-refractivity contribution < 1.29 is 14.6 Å². The summed E-state index contributed by atoms with van der Waals surface area (Å²) in [4.78, 5) is 21.2. The number of anilines is 1. The van der Waals surface area contributed by atoms with Crippen LogP contribution in [0.1, 0.15) is 52.4 Å². The van der Waals surface area contributed by atoms with E-state index in [0.717, 1.165) is 67.0 Å². The Labute approximate surface area is 192 Å². The molecule has 8 heteroatoms. The molecular weight excluding hydrogens is 418 g/mol. The molecule has 3 aliphatic rings. The third-order valence-corrected chi connectivity index (χ3v) is 7.96. The van der Waals surface area contributed by atoms with E-state index >= 15 is 0 Å². The molecule has 1 aromatic carbocycles. The van der Waals surface area contributed by atoms with Crippen molar-refractivity contribution in [2.45, 2.75) is 38.9 Å². The van der Waals surface area contributed by atoms with Gasteiger partial charge in [-0.3, -0.25) is 0 Å². The number of ether oxygens (including phenoxy) is 1. The highest BCUT2D eigenvalue weighted by Gasteiger charge is 2.41. The number of carbonyl (C=O) groups is 1. The zero-order valence-electron chi connectivity index (χ0n) is 18.9. The lowest BCUT2D eigenvalue weighted by Crippen LogP contribution is -2.43. The quantitative estimate of drug-likeness (QED) is 0.616. The maximum absolute atomic E-state index is 11.8. The largest absolute Gasteiger partial charge is 0.457 e. The Morgan fingerprint density at radius 2 is 1.97 bits per heavy atom. The first-order valence-electron chi connectivity index (χ1n) is 11.8. The van der Waals surface area contributed by atoms with Crippen LogP contribution in [-0.4, -0.2) is 63.3 Å². The number of esters is 1. The molecule has 1 atom stereocenters. The van der Waals surface area contributed by atoms with Crippen LogP contribution >= 0.6 is 0 Å². The minimum absolute atomic E-state index is 0.263. The maximum atomic E-state index is 11.8. The number of aromatic nitrogens is 3. The number of nitrogens with zero attached hydrogens (tertiary/aromatic N) is 5. The molecule has 0 saturated carbocycles. The van der Waals surface area contributed by atoms with Crippen molar-refractivity contribution in [3.05, 3.63) is 59.0 Å². The molecule has 2 saturated heterocycles. The number of fused-ring (bicyclic) bond motifs is 2. The number of β-amino-alcohol motifs (C(OH)–C–C–N with tert-alkyl or cyclic N) is 1. The van der Waals surface area contributed by atoms with Crippen LogP contribution in [0, 0.1) is 12.3 Å². The summed E-state index contributed by atoms with van der Waals surface area (Å²) >= 11 is 0. The molecule has 0 bridgehead atoms. The lowest BCUT2D eigenvalue weighted by Gasteiger charge is -2.40. The summed E-state index contributed by atoms with van der Waals surface area (Å²) in [7, 11) is 0. The van der Waals surface area contributed by atoms with Crippen LogP contribution in [0.25, 0.3) is 5.52 Å². The van der Waals surface area contributed by atoms with Gasteiger partial charge < -0.3 is 19.6 Å². The van der Waals surface area contributed by atoms with Gasteiger partial charge in [-0.25, -0.2) is 14.3 Å². The summed E-state index contributed by atoms with van der Waals surface area (Å²) < 4.78 is 7.05. The molecular formula is C25H29N5O3. The van der Waals surface area contributed by atoms with Crippen molar-refractivity contribution in [2.75, 3.05) is 37.6 Å². The van der Waals surface area contributed by atoms with E-state index in [-0.39, 0.29) is 5.97 Å². The van der Waals surface area contributed by atoms with E-state index in [9.17, 15) is 9.90 Å². The number of likely N-dealkylation sites (tertiary alicyclic amines) is 1. The van der Waals surface area contributed by atoms with Gasteiger partial charge in [0.15, 0.2) is 5.82 Å². The Kier molecular flexibility index (Phi) is 4.88. The van der Waals surface area contributed by atoms with Crippen molar-refractivity contribution in [3.8, 4) is 0 Å². The Balaban J connectivity index is 1.10. The van der Waals surface area contributed by atoms with Gasteiger partial charge >= 0.3 is 5.97 Å². The highest BCUT2D eigenvalue weighted by Crippen LogP contribution is 2.42. The summed E-state index contributed by atoms with van der Waals surface area (Å²) in [6, 6.07) is 5.71. The topological polar surface area (TPSA) is 83.2 Å². The summed E-state index contributed by atoms with van der Waals surface area (Å²) in [6.07, 6.45) is 8.41. The molecule has 5 heterocycles. The Morgan fingerprint density at radius 3 is 2.82 bits per heavy atom. The number of benzene rings is 1. The van der Waals surface area contributed by atoms with Gasteiger partial charge in [0.25, 0.3) is 0 Å². The second-order valence-electron chi connectivity index (χ2n) is 9.78. The first-order chi connectivity index (χ1) is 16.0. The SMILES string of the molecule is Cc1c([C@@H](O)CN2CCC3(CC2)CCN(c2nccn4nccc24)C3)ccc2c1COC2=O. The van der Waals surface area contributed by atoms with Crippen molar-refractivity contribution in [2.24, 2.45) is 5.41 Å². The van der Waals surface area contributed by atoms with Crippen molar-refractivity contribution in [3.63, 3.8) is 0 Å². The molecule has 33 heavy (non-hydrogen) atoms. The first kappa shape index (κ1) is 20.6. The second kappa shape index (κ2) is 7.81. The van der Waals surface area contributed by atoms with Crippen LogP contribution in [0.5, 0.6) is 0 Å². The lowest BCUT2D eigenvalue weighted by atomic mass is 9.77. The first-order valence-corrected chi connectivity index (χ1v) is 11.8. The molecule has 3 aromatic rings. The highest BCUT2D eigenvalue weighted by atomic mass is 16.5. The van der Waals surface area contributed by atoms with E-state index in [2.05, 4.69) is 19.9 Å². The molecule has 2 fully saturated rings. The predicted octanol–water partition coefficient (Wildman–Crippen LogP) is 2.73. The van der Waals surface area contributed by atoms with Crippen LogP contribution in [0.15, 0.2) is 36.8 Å². The summed E-state index contributed by atoms with van der Waals surface area (Å²) in [6.45, 7) is 6.93. The van der Waals surface area contributed by atoms with E-state index in [1.165, 1.54) is 6.42 Å². The number of hydrogen-bond acceptors (Lipinski definition) is 7. The summed E-state index contributed by atoms with van der Waals surface area (Å²) in [5, 5.41) is 15.3. The number of rotatable bonds is 4. The van der Waals surface area contributed by atoms with Crippen molar-refractivity contribution >= 4 is 17.3 Å². The molecule has 0 aliphatic carbocycles. The lowest BCUT2D eigenvalue weighted by molar-refractivity contribution is 0.0534. The molecule has 1 spiro atoms. The number of carbonyl (C=O) groups excluding carboxylic acids is 1. The van der Waals surface area contributed by atoms with Gasteiger partial charge in [-0.15, -0.1) is 0 Å². The smallest absolute Gasteiger partial charge is 0.338 e. The third kappa shape index (κ3) is 3.48. The molecule has 2 aromatic heterocycles. The maximum Gasteiger partial charge on any atom is 0.338 e. The molecule has 0 amide bonds. The second-order valence-corrected chi connectivity index (χ2v) is 9.78. The molecule has 6 rings (SSSR count). The third-order valence-electron chi connectivity index (χ3n) is 7.96. The molecule has 0 radical (unpaired) electrons. The average Bonchev–Trinajstić information content (AvgIpc) is 3.55. The normalized spacial score (nSPS) is 21.0. The van der Waals surface area contributed by atoms with Crippen LogP contribution in [0.4, 0.5) is 5.82 Å². The zero-order valence-corrected chi connectivity index (χ0v) is 18.9. The summed E-state index contributed by atoms with van der Waals surface area (Å²) in [5.74, 6) is 0.764. The Bertz CT molecular complexity index is 1210. The fourth-order valence-corrected chi connectivity index (χ4v) is 5.89. The van der Waals surface area contributed by atoms with Crippen molar-refractivity contribution in [1.29, 1.82) is 0 Å². The highest BCUT2D eigenvalue weighted by molar-refractivity contribution is 5.93. The van der Waals surface area contributed by atoms with Crippen molar-refractivity contribution in [1.82, 2.24) is 19.5 Å². The number of piperidine rings is 1. The molecule has 3 aliphatic heterocycles. The fourth-order valence-electron chi connectivity index (χ4n) is 5.89. The molecule has 1 N–H and O–H groups in total. The van der Waals surface area contributed by atoms with Crippen LogP contribution in [0.2, 0.25) is 0 Å². The number of cyclic esters (lactones) is 1. The zero-order chi connectivity index (χ0) is 22.6. The van der Waals surface area contributed by atoms with E-state index < -0.39 is 6.10 Å². The standard InChI is InChI=1S/C25H29N5O3/c1-17-18(2-3-19-20(17)15-33-24(19)32)22(31)14-28-10-5-25(6-11-28)7-12-29(16-25)23-21-4-8-27-30(21)13-9-26-23/h2-4,8-9,13,22,31H,5-7,10-12,14-16H2,1H3/t22-/m0/s1. The number of hydrogen-bond donors (Lipinski definition) is 1. The van der Waals surface area contributed by atoms with Crippen LogP contribution in [-0.2, 0) is 11.3 Å². The van der Waals surface area contributed by atoms with Crippen LogP contribution in [0.3, 0.4) is 0 Å². The molecule has 172 valence electrons. The minimum atomic E-state index is -0.566.